The van der Waals surface area contributed by atoms with E-state index in [0.29, 0.717) is 0 Å². The van der Waals surface area contributed by atoms with Gasteiger partial charge in [-0.15, -0.1) is 0 Å². The largest absolute Gasteiger partial charge is 0.106 e. The van der Waals surface area contributed by atoms with Crippen LogP contribution in [0.1, 0.15) is 0 Å². The van der Waals surface area contributed by atoms with Crippen molar-refractivity contribution in [3.63, 3.8) is 0 Å². The van der Waals surface area contributed by atoms with Crippen molar-refractivity contribution >= 4 is 46.4 Å². The smallest absolute Gasteiger partial charge is 0.0709 e. The normalized spacial score (nSPS) is 8.00. The Hall–Kier alpha value is 0.640. The van der Waals surface area contributed by atoms with Crippen molar-refractivity contribution in [1.29, 1.82) is 0 Å². The highest BCUT2D eigenvalue weighted by atomic mass is 35.5. The Kier molecular flexibility index (Phi) is 4.87. The van der Waals surface area contributed by atoms with Gasteiger partial charge < -0.3 is 0 Å². The zero-order valence-corrected chi connectivity index (χ0v) is 6.69. The lowest BCUT2D eigenvalue weighted by atomic mass is 10.6. The van der Waals surface area contributed by atoms with Crippen LogP contribution in [0.2, 0.25) is 0 Å². The number of rotatable bonds is 1. The lowest BCUT2D eigenvalue weighted by Crippen LogP contribution is -1.51. The molecule has 0 aromatic heterocycles. The van der Waals surface area contributed by atoms with Crippen LogP contribution in [0.5, 0.6) is 0 Å². The molecule has 0 unspecified atom stereocenters. The molecule has 0 saturated heterocycles. The number of halogens is 4. The molecule has 0 N–H and O–H groups in total. The zero-order chi connectivity index (χ0) is 6.57. The van der Waals surface area contributed by atoms with Crippen LogP contribution >= 0.6 is 46.4 Å². The average Bonchev–Trinajstić information content (AvgIpc) is 1.61. The molecular formula is C4H2Cl4. The first kappa shape index (κ1) is 8.64. The predicted molar refractivity (Wildman–Crippen MR) is 39.6 cm³/mol. The third kappa shape index (κ3) is 6.64. The second kappa shape index (κ2) is 4.51. The lowest BCUT2D eigenvalue weighted by Gasteiger charge is -1.76. The fraction of sp³-hybridized carbons (Fsp3) is 0. The van der Waals surface area contributed by atoms with E-state index in [2.05, 4.69) is 0 Å². The van der Waals surface area contributed by atoms with Crippen molar-refractivity contribution < 1.29 is 0 Å². The molecule has 0 aliphatic carbocycles. The molecule has 0 aromatic carbocycles. The fourth-order valence-electron chi connectivity index (χ4n) is 0.126. The summed E-state index contributed by atoms with van der Waals surface area (Å²) in [5.41, 5.74) is 0. The lowest BCUT2D eigenvalue weighted by molar-refractivity contribution is 2.01. The van der Waals surface area contributed by atoms with Crippen LogP contribution in [0.3, 0.4) is 0 Å². The van der Waals surface area contributed by atoms with Crippen LogP contribution in [0, 0.1) is 0 Å². The van der Waals surface area contributed by atoms with Gasteiger partial charge in [-0.25, -0.2) is 0 Å². The van der Waals surface area contributed by atoms with Gasteiger partial charge in [0.15, 0.2) is 0 Å². The molecule has 46 valence electrons. The molecule has 0 nitrogen and oxygen atoms in total. The quantitative estimate of drug-likeness (QED) is 0.556. The van der Waals surface area contributed by atoms with Crippen LogP contribution in [-0.2, 0) is 0 Å². The van der Waals surface area contributed by atoms with Crippen molar-refractivity contribution in [2.24, 2.45) is 0 Å². The van der Waals surface area contributed by atoms with E-state index in [1.165, 1.54) is 12.2 Å². The fourth-order valence-corrected chi connectivity index (χ4v) is 0.378. The van der Waals surface area contributed by atoms with E-state index in [4.69, 9.17) is 46.4 Å². The molecule has 0 aliphatic rings. The Labute approximate surface area is 67.7 Å². The molecule has 4 heteroatoms. The molecule has 0 atom stereocenters. The van der Waals surface area contributed by atoms with Gasteiger partial charge in [0.1, 0.15) is 8.98 Å². The van der Waals surface area contributed by atoms with Gasteiger partial charge >= 0.3 is 0 Å². The van der Waals surface area contributed by atoms with Crippen molar-refractivity contribution in [3.05, 3.63) is 21.1 Å². The Bertz CT molecular complexity index is 100. The summed E-state index contributed by atoms with van der Waals surface area (Å²) in [6.07, 6.45) is 2.77. The van der Waals surface area contributed by atoms with Gasteiger partial charge in [0.2, 0.25) is 0 Å². The maximum atomic E-state index is 5.19. The molecule has 0 spiro atoms. The highest BCUT2D eigenvalue weighted by Gasteiger charge is 1.80. The number of hydrogen-bond donors (Lipinski definition) is 0. The van der Waals surface area contributed by atoms with E-state index in [-0.39, 0.29) is 8.98 Å². The van der Waals surface area contributed by atoms with Crippen LogP contribution in [0.4, 0.5) is 0 Å². The van der Waals surface area contributed by atoms with E-state index < -0.39 is 0 Å². The Morgan fingerprint density at radius 2 is 1.00 bits per heavy atom. The SMILES string of the molecule is ClC(Cl)=CC=C(Cl)Cl. The molecule has 0 fully saturated rings. The molecule has 0 heterocycles. The Morgan fingerprint density at radius 1 is 0.750 bits per heavy atom. The third-order valence-corrected chi connectivity index (χ3v) is 0.839. The highest BCUT2D eigenvalue weighted by Crippen LogP contribution is 2.11. The van der Waals surface area contributed by atoms with Crippen molar-refractivity contribution in [2.45, 2.75) is 0 Å². The monoisotopic (exact) mass is 190 g/mol. The molecule has 0 amide bonds. The summed E-state index contributed by atoms with van der Waals surface area (Å²) in [6, 6.07) is 0. The van der Waals surface area contributed by atoms with E-state index in [1.54, 1.807) is 0 Å². The summed E-state index contributed by atoms with van der Waals surface area (Å²) < 4.78 is 0.257. The molecular weight excluding hydrogens is 190 g/mol. The summed E-state index contributed by atoms with van der Waals surface area (Å²) in [7, 11) is 0. The summed E-state index contributed by atoms with van der Waals surface area (Å²) in [5.74, 6) is 0. The summed E-state index contributed by atoms with van der Waals surface area (Å²) in [6.45, 7) is 0. The molecule has 0 rings (SSSR count). The Balaban J connectivity index is 3.76. The molecule has 0 aliphatic heterocycles. The van der Waals surface area contributed by atoms with Gasteiger partial charge in [-0.05, 0) is 12.2 Å². The van der Waals surface area contributed by atoms with E-state index in [1.807, 2.05) is 0 Å². The van der Waals surface area contributed by atoms with Gasteiger partial charge in [-0.1, -0.05) is 46.4 Å². The van der Waals surface area contributed by atoms with Crippen molar-refractivity contribution in [3.8, 4) is 0 Å². The minimum atomic E-state index is 0.129. The average molecular weight is 192 g/mol. The van der Waals surface area contributed by atoms with Gasteiger partial charge in [-0.2, -0.15) is 0 Å². The number of hydrogen-bond acceptors (Lipinski definition) is 0. The number of allylic oxidation sites excluding steroid dienone is 2. The first-order valence-electron chi connectivity index (χ1n) is 1.67. The van der Waals surface area contributed by atoms with Gasteiger partial charge in [0, 0.05) is 0 Å². The molecule has 0 aromatic rings. The first-order chi connectivity index (χ1) is 3.63. The first-order valence-corrected chi connectivity index (χ1v) is 3.18. The topological polar surface area (TPSA) is 0 Å². The van der Waals surface area contributed by atoms with E-state index >= 15 is 0 Å². The molecule has 0 bridgehead atoms. The maximum Gasteiger partial charge on any atom is 0.106 e. The van der Waals surface area contributed by atoms with Crippen LogP contribution < -0.4 is 0 Å². The minimum Gasteiger partial charge on any atom is -0.0709 e. The predicted octanol–water partition coefficient (Wildman–Crippen LogP) is 3.62. The summed E-state index contributed by atoms with van der Waals surface area (Å²) in [4.78, 5) is 0. The van der Waals surface area contributed by atoms with Crippen molar-refractivity contribution in [1.82, 2.24) is 0 Å². The van der Waals surface area contributed by atoms with Gasteiger partial charge in [0.25, 0.3) is 0 Å². The third-order valence-electron chi connectivity index (χ3n) is 0.335. The maximum absolute atomic E-state index is 5.19. The zero-order valence-electron chi connectivity index (χ0n) is 3.67. The summed E-state index contributed by atoms with van der Waals surface area (Å²) >= 11 is 20.7. The molecule has 8 heavy (non-hydrogen) atoms. The summed E-state index contributed by atoms with van der Waals surface area (Å²) in [5, 5.41) is 0. The van der Waals surface area contributed by atoms with E-state index in [0.717, 1.165) is 0 Å². The second-order valence-corrected chi connectivity index (χ2v) is 2.93. The van der Waals surface area contributed by atoms with Crippen LogP contribution in [-0.4, -0.2) is 0 Å². The van der Waals surface area contributed by atoms with Gasteiger partial charge in [0.05, 0.1) is 0 Å². The van der Waals surface area contributed by atoms with Crippen LogP contribution in [0.25, 0.3) is 0 Å². The van der Waals surface area contributed by atoms with Gasteiger partial charge in [-0.3, -0.25) is 0 Å². The van der Waals surface area contributed by atoms with Crippen molar-refractivity contribution in [2.75, 3.05) is 0 Å². The van der Waals surface area contributed by atoms with E-state index in [9.17, 15) is 0 Å². The highest BCUT2D eigenvalue weighted by molar-refractivity contribution is 6.57. The molecule has 0 radical (unpaired) electrons. The minimum absolute atomic E-state index is 0.129. The second-order valence-electron chi connectivity index (χ2n) is 0.913. The molecule has 0 saturated carbocycles. The van der Waals surface area contributed by atoms with Crippen LogP contribution in [0.15, 0.2) is 21.1 Å². The standard InChI is InChI=1S/C4H2Cl4/c5-3(6)1-2-4(7)8/h1-2H. The Morgan fingerprint density at radius 3 is 1.12 bits per heavy atom.